The Hall–Kier alpha value is -1.69. The standard InChI is InChI=1S/C15H20F2N2O2/c1-10(15(20)19-6-2-3-7-19)21-14-12(16)8-11(4-5-18)9-13(14)17/h8-10H,2-7,18H2,1H3. The lowest BCUT2D eigenvalue weighted by molar-refractivity contribution is -0.136. The first-order valence-electron chi connectivity index (χ1n) is 7.16. The topological polar surface area (TPSA) is 55.6 Å². The zero-order valence-electron chi connectivity index (χ0n) is 12.1. The normalized spacial score (nSPS) is 16.1. The van der Waals surface area contributed by atoms with Crippen LogP contribution in [0, 0.1) is 11.6 Å². The third kappa shape index (κ3) is 3.69. The molecule has 0 bridgehead atoms. The van der Waals surface area contributed by atoms with Crippen LogP contribution < -0.4 is 10.5 Å². The summed E-state index contributed by atoms with van der Waals surface area (Å²) in [6.07, 6.45) is 1.38. The Morgan fingerprint density at radius 2 is 1.90 bits per heavy atom. The highest BCUT2D eigenvalue weighted by Crippen LogP contribution is 2.25. The molecule has 0 aliphatic carbocycles. The third-order valence-corrected chi connectivity index (χ3v) is 3.55. The summed E-state index contributed by atoms with van der Waals surface area (Å²) in [7, 11) is 0. The fourth-order valence-electron chi connectivity index (χ4n) is 2.46. The maximum absolute atomic E-state index is 13.9. The Morgan fingerprint density at radius 3 is 2.43 bits per heavy atom. The molecule has 1 aromatic carbocycles. The number of amides is 1. The maximum Gasteiger partial charge on any atom is 0.263 e. The Balaban J connectivity index is 2.09. The van der Waals surface area contributed by atoms with Crippen LogP contribution in [0.2, 0.25) is 0 Å². The van der Waals surface area contributed by atoms with Crippen LogP contribution >= 0.6 is 0 Å². The first kappa shape index (κ1) is 15.7. The predicted octanol–water partition coefficient (Wildman–Crippen LogP) is 1.86. The number of hydrogen-bond donors (Lipinski definition) is 1. The van der Waals surface area contributed by atoms with E-state index in [9.17, 15) is 13.6 Å². The Bertz CT molecular complexity index is 493. The molecule has 1 aromatic rings. The third-order valence-electron chi connectivity index (χ3n) is 3.55. The van der Waals surface area contributed by atoms with E-state index in [0.717, 1.165) is 12.8 Å². The van der Waals surface area contributed by atoms with Crippen molar-refractivity contribution >= 4 is 5.91 Å². The average Bonchev–Trinajstić information content (AvgIpc) is 2.96. The van der Waals surface area contributed by atoms with Crippen LogP contribution in [0.25, 0.3) is 0 Å². The molecule has 21 heavy (non-hydrogen) atoms. The molecule has 1 fully saturated rings. The second-order valence-corrected chi connectivity index (χ2v) is 5.22. The Labute approximate surface area is 122 Å². The summed E-state index contributed by atoms with van der Waals surface area (Å²) in [6.45, 7) is 3.16. The van der Waals surface area contributed by atoms with Gasteiger partial charge in [-0.15, -0.1) is 0 Å². The molecular weight excluding hydrogens is 278 g/mol. The van der Waals surface area contributed by atoms with E-state index >= 15 is 0 Å². The van der Waals surface area contributed by atoms with E-state index in [0.29, 0.717) is 31.6 Å². The fourth-order valence-corrected chi connectivity index (χ4v) is 2.46. The predicted molar refractivity (Wildman–Crippen MR) is 75.0 cm³/mol. The molecule has 1 aliphatic heterocycles. The highest BCUT2D eigenvalue weighted by molar-refractivity contribution is 5.81. The molecule has 0 radical (unpaired) electrons. The van der Waals surface area contributed by atoms with Gasteiger partial charge in [0.15, 0.2) is 23.5 Å². The van der Waals surface area contributed by atoms with Crippen molar-refractivity contribution in [1.29, 1.82) is 0 Å². The zero-order valence-corrected chi connectivity index (χ0v) is 12.1. The van der Waals surface area contributed by atoms with Crippen LogP contribution in [0.1, 0.15) is 25.3 Å². The lowest BCUT2D eigenvalue weighted by atomic mass is 10.1. The van der Waals surface area contributed by atoms with Crippen LogP contribution in [0.3, 0.4) is 0 Å². The second-order valence-electron chi connectivity index (χ2n) is 5.22. The van der Waals surface area contributed by atoms with Gasteiger partial charge in [0.05, 0.1) is 0 Å². The molecule has 116 valence electrons. The van der Waals surface area contributed by atoms with E-state index in [1.165, 1.54) is 19.1 Å². The first-order valence-corrected chi connectivity index (χ1v) is 7.16. The SMILES string of the molecule is CC(Oc1c(F)cc(CCN)cc1F)C(=O)N1CCCC1. The van der Waals surface area contributed by atoms with Crippen molar-refractivity contribution in [2.45, 2.75) is 32.3 Å². The number of nitrogens with two attached hydrogens (primary N) is 1. The van der Waals surface area contributed by atoms with Crippen LogP contribution in [-0.4, -0.2) is 36.5 Å². The number of carbonyl (C=O) groups excluding carboxylic acids is 1. The van der Waals surface area contributed by atoms with Gasteiger partial charge in [0, 0.05) is 13.1 Å². The zero-order chi connectivity index (χ0) is 15.4. The summed E-state index contributed by atoms with van der Waals surface area (Å²) in [4.78, 5) is 13.7. The van der Waals surface area contributed by atoms with Crippen LogP contribution in [0.15, 0.2) is 12.1 Å². The summed E-state index contributed by atoms with van der Waals surface area (Å²) in [5.41, 5.74) is 5.83. The van der Waals surface area contributed by atoms with Gasteiger partial charge in [0.2, 0.25) is 0 Å². The number of nitrogens with zero attached hydrogens (tertiary/aromatic N) is 1. The minimum absolute atomic E-state index is 0.239. The lowest BCUT2D eigenvalue weighted by Gasteiger charge is -2.21. The van der Waals surface area contributed by atoms with E-state index in [1.807, 2.05) is 0 Å². The van der Waals surface area contributed by atoms with Crippen molar-refractivity contribution in [1.82, 2.24) is 4.90 Å². The molecule has 1 heterocycles. The first-order chi connectivity index (χ1) is 10.0. The van der Waals surface area contributed by atoms with E-state index in [-0.39, 0.29) is 5.91 Å². The molecule has 1 atom stereocenters. The van der Waals surface area contributed by atoms with Crippen molar-refractivity contribution < 1.29 is 18.3 Å². The minimum Gasteiger partial charge on any atom is -0.475 e. The van der Waals surface area contributed by atoms with Gasteiger partial charge in [-0.3, -0.25) is 4.79 Å². The molecule has 1 aliphatic rings. The van der Waals surface area contributed by atoms with Gasteiger partial charge in [-0.2, -0.15) is 0 Å². The molecule has 0 spiro atoms. The van der Waals surface area contributed by atoms with Gasteiger partial charge in [0.1, 0.15) is 0 Å². The molecule has 2 rings (SSSR count). The number of hydrogen-bond acceptors (Lipinski definition) is 3. The number of carbonyl (C=O) groups is 1. The molecule has 1 saturated heterocycles. The molecule has 6 heteroatoms. The van der Waals surface area contributed by atoms with E-state index in [2.05, 4.69) is 0 Å². The number of ether oxygens (including phenoxy) is 1. The maximum atomic E-state index is 13.9. The van der Waals surface area contributed by atoms with Gasteiger partial charge in [-0.05, 0) is 50.4 Å². The highest BCUT2D eigenvalue weighted by Gasteiger charge is 2.26. The number of likely N-dealkylation sites (tertiary alicyclic amines) is 1. The molecular formula is C15H20F2N2O2. The fraction of sp³-hybridized carbons (Fsp3) is 0.533. The molecule has 0 aromatic heterocycles. The summed E-state index contributed by atoms with van der Waals surface area (Å²) in [6, 6.07) is 2.39. The van der Waals surface area contributed by atoms with Crippen LogP contribution in [0.5, 0.6) is 5.75 Å². The van der Waals surface area contributed by atoms with Gasteiger partial charge in [-0.1, -0.05) is 0 Å². The highest BCUT2D eigenvalue weighted by atomic mass is 19.1. The monoisotopic (exact) mass is 298 g/mol. The summed E-state index contributed by atoms with van der Waals surface area (Å²) in [5, 5.41) is 0. The van der Waals surface area contributed by atoms with Crippen molar-refractivity contribution in [2.24, 2.45) is 5.73 Å². The molecule has 1 amide bonds. The van der Waals surface area contributed by atoms with E-state index in [4.69, 9.17) is 10.5 Å². The molecule has 0 saturated carbocycles. The van der Waals surface area contributed by atoms with Crippen molar-refractivity contribution in [3.63, 3.8) is 0 Å². The van der Waals surface area contributed by atoms with Crippen molar-refractivity contribution in [3.8, 4) is 5.75 Å². The van der Waals surface area contributed by atoms with E-state index < -0.39 is 23.5 Å². The summed E-state index contributed by atoms with van der Waals surface area (Å²) >= 11 is 0. The van der Waals surface area contributed by atoms with Gasteiger partial charge in [0.25, 0.3) is 5.91 Å². The van der Waals surface area contributed by atoms with Crippen LogP contribution in [0.4, 0.5) is 8.78 Å². The largest absolute Gasteiger partial charge is 0.475 e. The average molecular weight is 298 g/mol. The molecule has 2 N–H and O–H groups in total. The van der Waals surface area contributed by atoms with Gasteiger partial charge >= 0.3 is 0 Å². The Morgan fingerprint density at radius 1 is 1.33 bits per heavy atom. The number of rotatable bonds is 5. The summed E-state index contributed by atoms with van der Waals surface area (Å²) < 4.78 is 33.0. The van der Waals surface area contributed by atoms with Gasteiger partial charge < -0.3 is 15.4 Å². The molecule has 1 unspecified atom stereocenters. The summed E-state index contributed by atoms with van der Waals surface area (Å²) in [5.74, 6) is -2.35. The minimum atomic E-state index is -0.910. The lowest BCUT2D eigenvalue weighted by Crippen LogP contribution is -2.38. The second kappa shape index (κ2) is 6.85. The Kier molecular flexibility index (Phi) is 5.12. The van der Waals surface area contributed by atoms with E-state index in [1.54, 1.807) is 4.90 Å². The van der Waals surface area contributed by atoms with Crippen molar-refractivity contribution in [3.05, 3.63) is 29.3 Å². The van der Waals surface area contributed by atoms with Crippen molar-refractivity contribution in [2.75, 3.05) is 19.6 Å². The van der Waals surface area contributed by atoms with Gasteiger partial charge in [-0.25, -0.2) is 8.78 Å². The molecule has 4 nitrogen and oxygen atoms in total. The quantitative estimate of drug-likeness (QED) is 0.902. The smallest absolute Gasteiger partial charge is 0.263 e. The number of benzene rings is 1. The van der Waals surface area contributed by atoms with Crippen LogP contribution in [-0.2, 0) is 11.2 Å². The number of halogens is 2.